The van der Waals surface area contributed by atoms with Crippen molar-refractivity contribution in [1.29, 1.82) is 0 Å². The van der Waals surface area contributed by atoms with E-state index in [2.05, 4.69) is 0 Å². The molecule has 0 rings (SSSR count). The minimum atomic E-state index is -2.33. The Labute approximate surface area is 63.4 Å². The van der Waals surface area contributed by atoms with Crippen molar-refractivity contribution in [2.24, 2.45) is 0 Å². The van der Waals surface area contributed by atoms with Crippen LogP contribution in [0, 0.1) is 0 Å². The van der Waals surface area contributed by atoms with Gasteiger partial charge in [0.25, 0.3) is 0 Å². The van der Waals surface area contributed by atoms with E-state index in [9.17, 15) is 0 Å². The molecule has 0 heterocycles. The largest absolute Gasteiger partial charge is 2.00 e. The molecule has 0 radical (unpaired) electrons. The molecule has 0 fully saturated rings. The van der Waals surface area contributed by atoms with E-state index in [-0.39, 0.29) is 42.0 Å². The van der Waals surface area contributed by atoms with Crippen molar-refractivity contribution in [1.82, 2.24) is 0 Å². The van der Waals surface area contributed by atoms with E-state index in [1.165, 1.54) is 0 Å². The third kappa shape index (κ3) is 877. The molecular weight excluding hydrogens is 205 g/mol. The monoisotopic (exact) mass is 204 g/mol. The van der Waals surface area contributed by atoms with Crippen LogP contribution in [0.2, 0.25) is 0 Å². The molecule has 42 valence electrons. The van der Waals surface area contributed by atoms with Crippen LogP contribution in [0.15, 0.2) is 0 Å². The second kappa shape index (κ2) is 16.2. The Bertz CT molecular complexity index is 34.7. The van der Waals surface area contributed by atoms with Crippen LogP contribution in [0.3, 0.4) is 0 Å². The molecule has 1 N–H and O–H groups in total. The summed E-state index contributed by atoms with van der Waals surface area (Å²) in [6.45, 7) is 0. The molecule has 0 bridgehead atoms. The summed E-state index contributed by atoms with van der Waals surface area (Å²) in [5.41, 5.74) is 0. The normalized spacial score (nSPS) is 3.43. The molecule has 0 atom stereocenters. The van der Waals surface area contributed by atoms with Crippen LogP contribution in [0.25, 0.3) is 0 Å². The Hall–Kier alpha value is 0.373. The summed E-state index contributed by atoms with van der Waals surface area (Å²) in [6, 6.07) is 0. The van der Waals surface area contributed by atoms with Crippen molar-refractivity contribution < 1.29 is 57.0 Å². The van der Waals surface area contributed by atoms with Gasteiger partial charge in [0.2, 0.25) is 0 Å². The van der Waals surface area contributed by atoms with Gasteiger partial charge >= 0.3 is 36.5 Å². The fourth-order valence-corrected chi connectivity index (χ4v) is 0. The number of rotatable bonds is 0. The first-order valence-corrected chi connectivity index (χ1v) is 0.612. The zero-order chi connectivity index (χ0) is 3.58. The first-order chi connectivity index (χ1) is 1.73. The SMILES string of the molecule is O=C([O-])[O-].[Cu+].[OH-].[Zn+2]. The first kappa shape index (κ1) is 26.3. The van der Waals surface area contributed by atoms with Crippen molar-refractivity contribution >= 4 is 6.16 Å². The molecule has 0 amide bonds. The van der Waals surface area contributed by atoms with Crippen LogP contribution >= 0.6 is 0 Å². The molecule has 0 saturated heterocycles. The Kier molecular flexibility index (Phi) is 60.8. The minimum absolute atomic E-state index is 0. The molecule has 0 spiro atoms. The predicted octanol–water partition coefficient (Wildman–Crippen LogP) is -2.63. The van der Waals surface area contributed by atoms with Crippen molar-refractivity contribution in [3.05, 3.63) is 0 Å². The van der Waals surface area contributed by atoms with Gasteiger partial charge in [0, 0.05) is 0 Å². The van der Waals surface area contributed by atoms with Crippen molar-refractivity contribution in [3.8, 4) is 0 Å². The fraction of sp³-hybridized carbons (Fsp3) is 0. The summed E-state index contributed by atoms with van der Waals surface area (Å²) in [5.74, 6) is 0. The topological polar surface area (TPSA) is 93.2 Å². The Balaban J connectivity index is -0.0000000150. The van der Waals surface area contributed by atoms with Gasteiger partial charge in [-0.1, -0.05) is 0 Å². The molecule has 0 aliphatic heterocycles. The molecule has 0 aromatic carbocycles. The van der Waals surface area contributed by atoms with Crippen molar-refractivity contribution in [2.45, 2.75) is 0 Å². The first-order valence-electron chi connectivity index (χ1n) is 0.612. The standard InChI is InChI=1S/CH2O3.Cu.H2O.Zn/c2-1(3)4;;;/h(H2,2,3,4);;1H2;/q;+1;;+2/p-3. The van der Waals surface area contributed by atoms with Gasteiger partial charge in [0.15, 0.2) is 0 Å². The molecule has 4 nitrogen and oxygen atoms in total. The maximum absolute atomic E-state index is 8.33. The average Bonchev–Trinajstić information content (AvgIpc) is 0.811. The van der Waals surface area contributed by atoms with E-state index in [1.54, 1.807) is 0 Å². The van der Waals surface area contributed by atoms with Gasteiger partial charge in [0.1, 0.15) is 0 Å². The van der Waals surface area contributed by atoms with E-state index < -0.39 is 6.16 Å². The van der Waals surface area contributed by atoms with Crippen LogP contribution in [0.5, 0.6) is 0 Å². The molecule has 0 unspecified atom stereocenters. The number of carbonyl (C=O) groups is 1. The second-order valence-electron chi connectivity index (χ2n) is 0.250. The van der Waals surface area contributed by atoms with E-state index in [0.29, 0.717) is 0 Å². The van der Waals surface area contributed by atoms with Gasteiger partial charge in [-0.25, -0.2) is 0 Å². The van der Waals surface area contributed by atoms with Crippen molar-refractivity contribution in [3.63, 3.8) is 0 Å². The van der Waals surface area contributed by atoms with Crippen LogP contribution in [-0.2, 0) is 36.5 Å². The van der Waals surface area contributed by atoms with Gasteiger partial charge in [-0.3, -0.25) is 0 Å². The zero-order valence-corrected chi connectivity index (χ0v) is 7.09. The maximum Gasteiger partial charge on any atom is 2.00 e. The smallest absolute Gasteiger partial charge is 0.870 e. The van der Waals surface area contributed by atoms with Crippen LogP contribution in [0.4, 0.5) is 4.79 Å². The quantitative estimate of drug-likeness (QED) is 0.405. The van der Waals surface area contributed by atoms with Gasteiger partial charge in [-0.2, -0.15) is 0 Å². The van der Waals surface area contributed by atoms with Crippen LogP contribution < -0.4 is 10.2 Å². The molecule has 0 aliphatic rings. The van der Waals surface area contributed by atoms with Crippen molar-refractivity contribution in [2.75, 3.05) is 0 Å². The minimum Gasteiger partial charge on any atom is -0.870 e. The van der Waals surface area contributed by atoms with Gasteiger partial charge in [-0.15, -0.1) is 0 Å². The molecular formula is CHCuO4Zn. The van der Waals surface area contributed by atoms with E-state index in [1.807, 2.05) is 0 Å². The summed E-state index contributed by atoms with van der Waals surface area (Å²) in [7, 11) is 0. The second-order valence-corrected chi connectivity index (χ2v) is 0.250. The number of carboxylic acid groups (broad SMARTS) is 2. The summed E-state index contributed by atoms with van der Waals surface area (Å²) in [4.78, 5) is 8.33. The number of carbonyl (C=O) groups excluding carboxylic acids is 1. The van der Waals surface area contributed by atoms with Gasteiger partial charge < -0.3 is 20.5 Å². The van der Waals surface area contributed by atoms with Crippen LogP contribution in [-0.4, -0.2) is 11.6 Å². The fourth-order valence-electron chi connectivity index (χ4n) is 0. The summed E-state index contributed by atoms with van der Waals surface area (Å²) in [6.07, 6.45) is -2.33. The van der Waals surface area contributed by atoms with E-state index in [4.69, 9.17) is 15.0 Å². The summed E-state index contributed by atoms with van der Waals surface area (Å²) >= 11 is 0. The average molecular weight is 206 g/mol. The third-order valence-corrected chi connectivity index (χ3v) is 0. The molecule has 0 saturated carbocycles. The molecule has 6 heteroatoms. The van der Waals surface area contributed by atoms with E-state index in [0.717, 1.165) is 0 Å². The third-order valence-electron chi connectivity index (χ3n) is 0. The molecule has 0 aromatic heterocycles. The Morgan fingerprint density at radius 1 is 1.29 bits per heavy atom. The van der Waals surface area contributed by atoms with Crippen LogP contribution in [0.1, 0.15) is 0 Å². The Morgan fingerprint density at radius 2 is 1.29 bits per heavy atom. The zero-order valence-electron chi connectivity index (χ0n) is 3.18. The number of hydrogen-bond acceptors (Lipinski definition) is 4. The summed E-state index contributed by atoms with van der Waals surface area (Å²) < 4.78 is 0. The molecule has 0 aliphatic carbocycles. The number of hydrogen-bond donors (Lipinski definition) is 0. The predicted molar refractivity (Wildman–Crippen MR) is 7.33 cm³/mol. The van der Waals surface area contributed by atoms with E-state index >= 15 is 0 Å². The Morgan fingerprint density at radius 3 is 1.29 bits per heavy atom. The van der Waals surface area contributed by atoms with Gasteiger partial charge in [0.05, 0.1) is 0 Å². The molecule has 7 heavy (non-hydrogen) atoms. The summed E-state index contributed by atoms with van der Waals surface area (Å²) in [5, 5.41) is 16.7. The maximum atomic E-state index is 8.33. The van der Waals surface area contributed by atoms with Gasteiger partial charge in [-0.05, 0) is 6.16 Å². The molecule has 0 aromatic rings.